The van der Waals surface area contributed by atoms with Crippen molar-refractivity contribution in [2.75, 3.05) is 6.54 Å². The molecule has 0 radical (unpaired) electrons. The van der Waals surface area contributed by atoms with Gasteiger partial charge in [-0.25, -0.2) is 0 Å². The van der Waals surface area contributed by atoms with Crippen molar-refractivity contribution in [2.24, 2.45) is 11.7 Å². The van der Waals surface area contributed by atoms with Crippen LogP contribution in [0.3, 0.4) is 0 Å². The van der Waals surface area contributed by atoms with Gasteiger partial charge in [0.25, 0.3) is 11.6 Å². The van der Waals surface area contributed by atoms with E-state index in [1.54, 1.807) is 0 Å². The summed E-state index contributed by atoms with van der Waals surface area (Å²) in [4.78, 5) is 22.4. The van der Waals surface area contributed by atoms with E-state index in [-0.39, 0.29) is 22.3 Å². The van der Waals surface area contributed by atoms with E-state index in [0.717, 1.165) is 12.8 Å². The Kier molecular flexibility index (Phi) is 4.01. The zero-order valence-electron chi connectivity index (χ0n) is 10.1. The fourth-order valence-electron chi connectivity index (χ4n) is 1.96. The highest BCUT2D eigenvalue weighted by atomic mass is 35.5. The molecule has 0 heterocycles. The lowest BCUT2D eigenvalue weighted by atomic mass is 10.1. The molecule has 102 valence electrons. The lowest BCUT2D eigenvalue weighted by Gasteiger charge is -2.16. The van der Waals surface area contributed by atoms with Crippen LogP contribution in [0.25, 0.3) is 0 Å². The predicted molar refractivity (Wildman–Crippen MR) is 71.1 cm³/mol. The average molecular weight is 284 g/mol. The summed E-state index contributed by atoms with van der Waals surface area (Å²) in [5, 5.41) is 13.9. The summed E-state index contributed by atoms with van der Waals surface area (Å²) in [5.41, 5.74) is 5.31. The molecular formula is C12H14ClN3O3. The first-order valence-corrected chi connectivity index (χ1v) is 6.35. The highest BCUT2D eigenvalue weighted by Gasteiger charge is 2.32. The Morgan fingerprint density at radius 1 is 1.58 bits per heavy atom. The van der Waals surface area contributed by atoms with Gasteiger partial charge in [0.05, 0.1) is 4.92 Å². The van der Waals surface area contributed by atoms with Crippen LogP contribution in [0.5, 0.6) is 0 Å². The molecule has 1 aromatic carbocycles. The quantitative estimate of drug-likeness (QED) is 0.635. The Balaban J connectivity index is 2.21. The Bertz CT molecular complexity index is 517. The zero-order chi connectivity index (χ0) is 14.0. The van der Waals surface area contributed by atoms with E-state index in [0.29, 0.717) is 12.5 Å². The van der Waals surface area contributed by atoms with E-state index in [4.69, 9.17) is 17.3 Å². The van der Waals surface area contributed by atoms with E-state index in [2.05, 4.69) is 5.32 Å². The monoisotopic (exact) mass is 283 g/mol. The van der Waals surface area contributed by atoms with Gasteiger partial charge in [-0.3, -0.25) is 14.9 Å². The molecule has 0 aromatic heterocycles. The lowest BCUT2D eigenvalue weighted by molar-refractivity contribution is -0.385. The number of nitrogens with zero attached hydrogens (tertiary/aromatic N) is 1. The van der Waals surface area contributed by atoms with Crippen molar-refractivity contribution >= 4 is 23.2 Å². The fourth-order valence-corrected chi connectivity index (χ4v) is 2.14. The predicted octanol–water partition coefficient (Wildman–Crippen LogP) is 1.72. The first-order chi connectivity index (χ1) is 9.02. The van der Waals surface area contributed by atoms with Crippen LogP contribution in [0.1, 0.15) is 23.2 Å². The van der Waals surface area contributed by atoms with E-state index >= 15 is 0 Å². The molecule has 3 N–H and O–H groups in total. The van der Waals surface area contributed by atoms with Gasteiger partial charge in [0.15, 0.2) is 0 Å². The van der Waals surface area contributed by atoms with Gasteiger partial charge in [-0.15, -0.1) is 0 Å². The van der Waals surface area contributed by atoms with E-state index in [1.165, 1.54) is 18.2 Å². The van der Waals surface area contributed by atoms with Gasteiger partial charge in [-0.1, -0.05) is 11.6 Å². The average Bonchev–Trinajstić information content (AvgIpc) is 3.19. The largest absolute Gasteiger partial charge is 0.348 e. The van der Waals surface area contributed by atoms with Crippen molar-refractivity contribution in [1.29, 1.82) is 0 Å². The van der Waals surface area contributed by atoms with Crippen molar-refractivity contribution in [1.82, 2.24) is 5.32 Å². The van der Waals surface area contributed by atoms with Gasteiger partial charge in [0.2, 0.25) is 0 Å². The zero-order valence-corrected chi connectivity index (χ0v) is 10.9. The van der Waals surface area contributed by atoms with Crippen LogP contribution >= 0.6 is 11.6 Å². The van der Waals surface area contributed by atoms with Gasteiger partial charge in [-0.2, -0.15) is 0 Å². The van der Waals surface area contributed by atoms with Crippen LogP contribution in [-0.2, 0) is 0 Å². The first kappa shape index (κ1) is 13.8. The molecule has 1 atom stereocenters. The molecule has 1 aromatic rings. The SMILES string of the molecule is NCC(NC(=O)c1cc(Cl)ccc1[N+](=O)[O-])C1CC1. The van der Waals surface area contributed by atoms with E-state index in [9.17, 15) is 14.9 Å². The van der Waals surface area contributed by atoms with Gasteiger partial charge >= 0.3 is 0 Å². The third-order valence-electron chi connectivity index (χ3n) is 3.16. The van der Waals surface area contributed by atoms with Crippen molar-refractivity contribution in [3.63, 3.8) is 0 Å². The Labute approximate surface area is 115 Å². The summed E-state index contributed by atoms with van der Waals surface area (Å²) in [6.45, 7) is 0.324. The number of hydrogen-bond donors (Lipinski definition) is 2. The number of carbonyl (C=O) groups is 1. The second-order valence-corrected chi connectivity index (χ2v) is 5.01. The lowest BCUT2D eigenvalue weighted by Crippen LogP contribution is -2.41. The van der Waals surface area contributed by atoms with Crippen LogP contribution < -0.4 is 11.1 Å². The van der Waals surface area contributed by atoms with Crippen LogP contribution in [-0.4, -0.2) is 23.4 Å². The maximum atomic E-state index is 12.1. The van der Waals surface area contributed by atoms with E-state index < -0.39 is 10.8 Å². The molecule has 1 amide bonds. The summed E-state index contributed by atoms with van der Waals surface area (Å²) in [6, 6.07) is 3.78. The van der Waals surface area contributed by atoms with Gasteiger partial charge in [0, 0.05) is 23.7 Å². The summed E-state index contributed by atoms with van der Waals surface area (Å²) in [5.74, 6) is -0.122. The van der Waals surface area contributed by atoms with Gasteiger partial charge in [0.1, 0.15) is 5.56 Å². The number of nitrogens with one attached hydrogen (secondary N) is 1. The molecule has 0 spiro atoms. The topological polar surface area (TPSA) is 98.3 Å². The van der Waals surface area contributed by atoms with Crippen LogP contribution in [0, 0.1) is 16.0 Å². The smallest absolute Gasteiger partial charge is 0.282 e. The standard InChI is InChI=1S/C12H14ClN3O3/c13-8-3-4-11(16(18)19)9(5-8)12(17)15-10(6-14)7-1-2-7/h3-5,7,10H,1-2,6,14H2,(H,15,17). The number of hydrogen-bond acceptors (Lipinski definition) is 4. The Hall–Kier alpha value is -1.66. The van der Waals surface area contributed by atoms with Crippen molar-refractivity contribution in [3.05, 3.63) is 38.9 Å². The number of benzene rings is 1. The molecule has 1 saturated carbocycles. The second kappa shape index (κ2) is 5.54. The first-order valence-electron chi connectivity index (χ1n) is 5.97. The minimum Gasteiger partial charge on any atom is -0.348 e. The number of amides is 1. The number of rotatable bonds is 5. The summed E-state index contributed by atoms with van der Waals surface area (Å²) < 4.78 is 0. The molecule has 7 heteroatoms. The minimum atomic E-state index is -0.597. The summed E-state index contributed by atoms with van der Waals surface area (Å²) in [7, 11) is 0. The summed E-state index contributed by atoms with van der Waals surface area (Å²) in [6.07, 6.45) is 2.06. The molecule has 0 aliphatic heterocycles. The Morgan fingerprint density at radius 3 is 2.79 bits per heavy atom. The number of carbonyl (C=O) groups excluding carboxylic acids is 1. The number of nitro groups is 1. The molecule has 19 heavy (non-hydrogen) atoms. The number of nitro benzene ring substituents is 1. The third kappa shape index (κ3) is 3.21. The maximum Gasteiger partial charge on any atom is 0.282 e. The van der Waals surface area contributed by atoms with Crippen LogP contribution in [0.2, 0.25) is 5.02 Å². The molecule has 2 rings (SSSR count). The van der Waals surface area contributed by atoms with Crippen molar-refractivity contribution < 1.29 is 9.72 Å². The van der Waals surface area contributed by atoms with Gasteiger partial charge < -0.3 is 11.1 Å². The number of halogens is 1. The molecular weight excluding hydrogens is 270 g/mol. The fraction of sp³-hybridized carbons (Fsp3) is 0.417. The molecule has 1 aliphatic carbocycles. The van der Waals surface area contributed by atoms with E-state index in [1.807, 2.05) is 0 Å². The normalized spacial score (nSPS) is 15.9. The minimum absolute atomic E-state index is 0.0309. The molecule has 1 aliphatic rings. The third-order valence-corrected chi connectivity index (χ3v) is 3.40. The second-order valence-electron chi connectivity index (χ2n) is 4.57. The van der Waals surface area contributed by atoms with Crippen molar-refractivity contribution in [2.45, 2.75) is 18.9 Å². The molecule has 1 fully saturated rings. The number of nitrogens with two attached hydrogens (primary N) is 1. The molecule has 6 nitrogen and oxygen atoms in total. The highest BCUT2D eigenvalue weighted by Crippen LogP contribution is 2.32. The maximum absolute atomic E-state index is 12.1. The van der Waals surface area contributed by atoms with Crippen LogP contribution in [0.15, 0.2) is 18.2 Å². The summed E-state index contributed by atoms with van der Waals surface area (Å²) >= 11 is 5.78. The van der Waals surface area contributed by atoms with Crippen molar-refractivity contribution in [3.8, 4) is 0 Å². The van der Waals surface area contributed by atoms with Crippen LogP contribution in [0.4, 0.5) is 5.69 Å². The molecule has 0 bridgehead atoms. The Morgan fingerprint density at radius 2 is 2.26 bits per heavy atom. The molecule has 0 saturated heterocycles. The van der Waals surface area contributed by atoms with Gasteiger partial charge in [-0.05, 0) is 30.9 Å². The highest BCUT2D eigenvalue weighted by molar-refractivity contribution is 6.31. The molecule has 1 unspecified atom stereocenters.